The minimum absolute atomic E-state index is 0.0949. The molecule has 0 bridgehead atoms. The van der Waals surface area contributed by atoms with Crippen LogP contribution in [-0.2, 0) is 14.6 Å². The molecular formula is C21H15FN2O3S2. The molecule has 0 aliphatic heterocycles. The first kappa shape index (κ1) is 19.2. The number of sulfone groups is 1. The quantitative estimate of drug-likeness (QED) is 0.509. The first-order valence-electron chi connectivity index (χ1n) is 8.64. The molecule has 0 saturated heterocycles. The molecule has 29 heavy (non-hydrogen) atoms. The summed E-state index contributed by atoms with van der Waals surface area (Å²) < 4.78 is 38.3. The maximum Gasteiger partial charge on any atom is 0.241 e. The van der Waals surface area contributed by atoms with E-state index in [1.165, 1.54) is 29.5 Å². The van der Waals surface area contributed by atoms with Gasteiger partial charge in [-0.05, 0) is 47.2 Å². The van der Waals surface area contributed by atoms with Crippen LogP contribution in [0.5, 0.6) is 0 Å². The Hall–Kier alpha value is -3.10. The van der Waals surface area contributed by atoms with Gasteiger partial charge in [0.1, 0.15) is 11.6 Å². The van der Waals surface area contributed by atoms with Crippen molar-refractivity contribution in [1.29, 1.82) is 0 Å². The number of amides is 1. The highest BCUT2D eigenvalue weighted by Crippen LogP contribution is 2.25. The summed E-state index contributed by atoms with van der Waals surface area (Å²) in [5.41, 5.74) is 1.27. The average molecular weight is 426 g/mol. The number of thiazole rings is 1. The minimum Gasteiger partial charge on any atom is -0.301 e. The molecule has 5 nitrogen and oxygen atoms in total. The molecule has 0 aliphatic rings. The summed E-state index contributed by atoms with van der Waals surface area (Å²) in [5, 5.41) is 6.22. The van der Waals surface area contributed by atoms with Crippen LogP contribution in [-0.4, -0.2) is 25.1 Å². The van der Waals surface area contributed by atoms with Crippen molar-refractivity contribution in [3.63, 3.8) is 0 Å². The van der Waals surface area contributed by atoms with Crippen LogP contribution in [0.4, 0.5) is 9.52 Å². The Morgan fingerprint density at radius 2 is 1.72 bits per heavy atom. The Labute approximate surface area is 170 Å². The van der Waals surface area contributed by atoms with Crippen LogP contribution in [0, 0.1) is 5.82 Å². The van der Waals surface area contributed by atoms with E-state index in [2.05, 4.69) is 10.3 Å². The van der Waals surface area contributed by atoms with Gasteiger partial charge in [-0.3, -0.25) is 4.79 Å². The number of rotatable bonds is 5. The summed E-state index contributed by atoms with van der Waals surface area (Å²) >= 11 is 1.17. The summed E-state index contributed by atoms with van der Waals surface area (Å²) in [5.74, 6) is -1.70. The van der Waals surface area contributed by atoms with E-state index in [1.54, 1.807) is 29.6 Å². The normalized spacial score (nSPS) is 11.5. The molecule has 0 unspecified atom stereocenters. The third-order valence-corrected chi connectivity index (χ3v) is 6.66. The summed E-state index contributed by atoms with van der Waals surface area (Å²) in [6.45, 7) is 0. The maximum absolute atomic E-state index is 13.0. The number of hydrogen-bond acceptors (Lipinski definition) is 5. The van der Waals surface area contributed by atoms with Crippen molar-refractivity contribution in [1.82, 2.24) is 4.98 Å². The highest BCUT2D eigenvalue weighted by molar-refractivity contribution is 7.92. The van der Waals surface area contributed by atoms with Gasteiger partial charge < -0.3 is 5.32 Å². The minimum atomic E-state index is -3.80. The number of carbonyl (C=O) groups excluding carboxylic acids is 1. The fourth-order valence-electron chi connectivity index (χ4n) is 2.86. The Bertz CT molecular complexity index is 1300. The van der Waals surface area contributed by atoms with E-state index in [9.17, 15) is 17.6 Å². The van der Waals surface area contributed by atoms with E-state index in [0.29, 0.717) is 11.3 Å². The molecule has 8 heteroatoms. The number of halogens is 1. The number of nitrogens with zero attached hydrogens (tertiary/aromatic N) is 1. The van der Waals surface area contributed by atoms with Gasteiger partial charge in [0, 0.05) is 10.9 Å². The number of nitrogens with one attached hydrogen (secondary N) is 1. The molecule has 4 aromatic rings. The summed E-state index contributed by atoms with van der Waals surface area (Å²) in [6, 6.07) is 18.0. The highest BCUT2D eigenvalue weighted by Gasteiger charge is 2.20. The van der Waals surface area contributed by atoms with Gasteiger partial charge in [0.2, 0.25) is 5.91 Å². The van der Waals surface area contributed by atoms with Crippen LogP contribution >= 0.6 is 11.3 Å². The second kappa shape index (κ2) is 7.73. The van der Waals surface area contributed by atoms with Gasteiger partial charge in [-0.1, -0.05) is 30.3 Å². The predicted molar refractivity (Wildman–Crippen MR) is 112 cm³/mol. The number of fused-ring (bicyclic) bond motifs is 1. The van der Waals surface area contributed by atoms with Crippen LogP contribution in [0.1, 0.15) is 0 Å². The van der Waals surface area contributed by atoms with E-state index in [0.717, 1.165) is 10.8 Å². The molecule has 0 atom stereocenters. The van der Waals surface area contributed by atoms with Crippen LogP contribution in [0.25, 0.3) is 22.0 Å². The van der Waals surface area contributed by atoms with E-state index < -0.39 is 21.5 Å². The standard InChI is InChI=1S/C21H15FN2O3S2/c22-17-8-5-15(6-9-17)19-12-28-21(23-19)24-20(25)13-29(26,27)18-10-7-14-3-1-2-4-16(14)11-18/h1-12H,13H2,(H,23,24,25). The lowest BCUT2D eigenvalue weighted by Gasteiger charge is -2.06. The van der Waals surface area contributed by atoms with Crippen molar-refractivity contribution in [3.8, 4) is 11.3 Å². The zero-order chi connectivity index (χ0) is 20.4. The van der Waals surface area contributed by atoms with E-state index >= 15 is 0 Å². The van der Waals surface area contributed by atoms with E-state index in [1.807, 2.05) is 24.3 Å². The molecule has 0 radical (unpaired) electrons. The van der Waals surface area contributed by atoms with Crippen molar-refractivity contribution in [3.05, 3.63) is 77.9 Å². The molecule has 0 aliphatic carbocycles. The molecule has 146 valence electrons. The summed E-state index contributed by atoms with van der Waals surface area (Å²) in [4.78, 5) is 16.6. The average Bonchev–Trinajstić information content (AvgIpc) is 3.16. The Morgan fingerprint density at radius 3 is 2.48 bits per heavy atom. The second-order valence-electron chi connectivity index (χ2n) is 6.36. The van der Waals surface area contributed by atoms with Gasteiger partial charge in [0.05, 0.1) is 10.6 Å². The Kier molecular flexibility index (Phi) is 5.12. The van der Waals surface area contributed by atoms with Gasteiger partial charge in [-0.15, -0.1) is 11.3 Å². The van der Waals surface area contributed by atoms with Crippen LogP contribution in [0.2, 0.25) is 0 Å². The topological polar surface area (TPSA) is 76.1 Å². The second-order valence-corrected chi connectivity index (χ2v) is 9.21. The first-order valence-corrected chi connectivity index (χ1v) is 11.2. The molecule has 4 rings (SSSR count). The van der Waals surface area contributed by atoms with E-state index in [-0.39, 0.29) is 15.8 Å². The van der Waals surface area contributed by atoms with Crippen molar-refractivity contribution in [2.75, 3.05) is 11.1 Å². The smallest absolute Gasteiger partial charge is 0.241 e. The van der Waals surface area contributed by atoms with Crippen molar-refractivity contribution in [2.45, 2.75) is 4.90 Å². The number of hydrogen-bond donors (Lipinski definition) is 1. The molecule has 1 aromatic heterocycles. The fourth-order valence-corrected chi connectivity index (χ4v) is 4.76. The zero-order valence-electron chi connectivity index (χ0n) is 15.0. The molecule has 0 fully saturated rings. The van der Waals surface area contributed by atoms with Gasteiger partial charge in [0.25, 0.3) is 0 Å². The third kappa shape index (κ3) is 4.33. The summed E-state index contributed by atoms with van der Waals surface area (Å²) in [7, 11) is -3.80. The van der Waals surface area contributed by atoms with Gasteiger partial charge in [-0.25, -0.2) is 17.8 Å². The molecule has 1 heterocycles. The lowest BCUT2D eigenvalue weighted by molar-refractivity contribution is -0.113. The van der Waals surface area contributed by atoms with Gasteiger partial charge >= 0.3 is 0 Å². The van der Waals surface area contributed by atoms with Crippen LogP contribution in [0.15, 0.2) is 77.0 Å². The number of carbonyl (C=O) groups is 1. The van der Waals surface area contributed by atoms with Crippen LogP contribution < -0.4 is 5.32 Å². The van der Waals surface area contributed by atoms with Crippen LogP contribution in [0.3, 0.4) is 0 Å². The number of benzene rings is 3. The number of anilines is 1. The van der Waals surface area contributed by atoms with Gasteiger partial charge in [-0.2, -0.15) is 0 Å². The Morgan fingerprint density at radius 1 is 1.00 bits per heavy atom. The van der Waals surface area contributed by atoms with Crippen molar-refractivity contribution >= 4 is 43.0 Å². The Balaban J connectivity index is 1.48. The highest BCUT2D eigenvalue weighted by atomic mass is 32.2. The molecular weight excluding hydrogens is 411 g/mol. The number of aromatic nitrogens is 1. The third-order valence-electron chi connectivity index (χ3n) is 4.29. The maximum atomic E-state index is 13.0. The van der Waals surface area contributed by atoms with Crippen molar-refractivity contribution < 1.29 is 17.6 Å². The largest absolute Gasteiger partial charge is 0.301 e. The molecule has 1 N–H and O–H groups in total. The zero-order valence-corrected chi connectivity index (χ0v) is 16.6. The van der Waals surface area contributed by atoms with Crippen molar-refractivity contribution in [2.24, 2.45) is 0 Å². The summed E-state index contributed by atoms with van der Waals surface area (Å²) in [6.07, 6.45) is 0. The molecule has 1 amide bonds. The SMILES string of the molecule is O=C(CS(=O)(=O)c1ccc2ccccc2c1)Nc1nc(-c2ccc(F)cc2)cs1. The predicted octanol–water partition coefficient (Wildman–Crippen LogP) is 4.51. The lowest BCUT2D eigenvalue weighted by Crippen LogP contribution is -2.23. The fraction of sp³-hybridized carbons (Fsp3) is 0.0476. The monoisotopic (exact) mass is 426 g/mol. The first-order chi connectivity index (χ1) is 13.9. The van der Waals surface area contributed by atoms with E-state index in [4.69, 9.17) is 0 Å². The molecule has 0 saturated carbocycles. The molecule has 3 aromatic carbocycles. The molecule has 0 spiro atoms. The lowest BCUT2D eigenvalue weighted by atomic mass is 10.1. The van der Waals surface area contributed by atoms with Gasteiger partial charge in [0.15, 0.2) is 15.0 Å².